The predicted octanol–water partition coefficient (Wildman–Crippen LogP) is 4.04. The van der Waals surface area contributed by atoms with Crippen molar-refractivity contribution in [3.8, 4) is 11.1 Å². The van der Waals surface area contributed by atoms with E-state index in [-0.39, 0.29) is 17.8 Å². The highest BCUT2D eigenvalue weighted by Crippen LogP contribution is 2.32. The van der Waals surface area contributed by atoms with Crippen molar-refractivity contribution < 1.29 is 9.59 Å². The van der Waals surface area contributed by atoms with Crippen molar-refractivity contribution in [2.75, 3.05) is 0 Å². The number of fused-ring (bicyclic) bond motifs is 1. The Morgan fingerprint density at radius 1 is 0.967 bits per heavy atom. The lowest BCUT2D eigenvalue weighted by Crippen LogP contribution is -2.25. The number of carbonyl (C=O) groups is 1. The number of benzene rings is 3. The van der Waals surface area contributed by atoms with E-state index in [1.807, 2.05) is 42.7 Å². The number of pyridine rings is 1. The van der Waals surface area contributed by atoms with Gasteiger partial charge in [-0.3, -0.25) is 19.0 Å². The number of nitrogens with zero attached hydrogens (tertiary/aromatic N) is 1. The van der Waals surface area contributed by atoms with Crippen LogP contribution in [0.3, 0.4) is 0 Å². The summed E-state index contributed by atoms with van der Waals surface area (Å²) in [4.78, 5) is 36.7. The number of hydrogen-bond donors (Lipinski definition) is 1. The van der Waals surface area contributed by atoms with E-state index in [1.54, 1.807) is 36.4 Å². The van der Waals surface area contributed by atoms with Crippen LogP contribution in [0.15, 0.2) is 82.1 Å². The van der Waals surface area contributed by atoms with Crippen LogP contribution in [0.4, 0.5) is 0 Å². The van der Waals surface area contributed by atoms with E-state index in [2.05, 4.69) is 15.9 Å². The van der Waals surface area contributed by atoms with Gasteiger partial charge in [0.1, 0.15) is 5.69 Å². The summed E-state index contributed by atoms with van der Waals surface area (Å²) in [5.41, 5.74) is 7.79. The van der Waals surface area contributed by atoms with Crippen molar-refractivity contribution in [3.63, 3.8) is 0 Å². The molecule has 147 valence electrons. The molecule has 1 aromatic heterocycles. The molecule has 1 amide bonds. The van der Waals surface area contributed by atoms with Gasteiger partial charge in [-0.1, -0.05) is 58.4 Å². The second-order valence-corrected chi connectivity index (χ2v) is 7.75. The van der Waals surface area contributed by atoms with Gasteiger partial charge in [-0.15, -0.1) is 0 Å². The lowest BCUT2D eigenvalue weighted by Gasteiger charge is -2.17. The fourth-order valence-electron chi connectivity index (χ4n) is 3.53. The first-order valence-electron chi connectivity index (χ1n) is 9.18. The standard InChI is InChI=1S/C24H16BrN2O3/c25-18-10-11-19-20(12-18)22(16-4-2-1-3-5-16)21(14-28)27(24(19)30)13-15-6-8-17(9-7-15)23(26)29/h1-12H,13H2,(H2,26,29). The number of amides is 1. The number of nitrogens with two attached hydrogens (primary N) is 1. The van der Waals surface area contributed by atoms with E-state index in [0.29, 0.717) is 21.9 Å². The van der Waals surface area contributed by atoms with Crippen LogP contribution in [-0.2, 0) is 11.3 Å². The van der Waals surface area contributed by atoms with Gasteiger partial charge in [-0.25, -0.2) is 0 Å². The second-order valence-electron chi connectivity index (χ2n) is 6.83. The molecule has 4 rings (SSSR count). The molecule has 1 heterocycles. The van der Waals surface area contributed by atoms with Gasteiger partial charge < -0.3 is 5.73 Å². The van der Waals surface area contributed by atoms with Gasteiger partial charge in [0.25, 0.3) is 11.8 Å². The molecule has 0 fully saturated rings. The average molecular weight is 460 g/mol. The average Bonchev–Trinajstić information content (AvgIpc) is 2.76. The molecule has 3 aromatic carbocycles. The Kier molecular flexibility index (Phi) is 5.33. The molecule has 0 aliphatic rings. The first kappa shape index (κ1) is 19.8. The maximum atomic E-state index is 13.3. The van der Waals surface area contributed by atoms with E-state index in [9.17, 15) is 14.4 Å². The van der Waals surface area contributed by atoms with Crippen LogP contribution in [0.5, 0.6) is 0 Å². The number of aromatic nitrogens is 1. The van der Waals surface area contributed by atoms with Crippen molar-refractivity contribution in [1.82, 2.24) is 4.57 Å². The largest absolute Gasteiger partial charge is 0.366 e. The molecule has 0 bridgehead atoms. The third kappa shape index (κ3) is 3.57. The Morgan fingerprint density at radius 3 is 2.30 bits per heavy atom. The summed E-state index contributed by atoms with van der Waals surface area (Å²) in [5.74, 6) is -0.525. The quantitative estimate of drug-likeness (QED) is 0.488. The van der Waals surface area contributed by atoms with E-state index in [4.69, 9.17) is 5.73 Å². The van der Waals surface area contributed by atoms with E-state index >= 15 is 0 Å². The predicted molar refractivity (Wildman–Crippen MR) is 120 cm³/mol. The van der Waals surface area contributed by atoms with Gasteiger partial charge in [0.2, 0.25) is 5.91 Å². The third-order valence-corrected chi connectivity index (χ3v) is 5.46. The summed E-state index contributed by atoms with van der Waals surface area (Å²) in [6, 6.07) is 21.5. The molecular formula is C24H16BrN2O3. The molecule has 30 heavy (non-hydrogen) atoms. The first-order valence-corrected chi connectivity index (χ1v) is 9.97. The zero-order chi connectivity index (χ0) is 21.3. The summed E-state index contributed by atoms with van der Waals surface area (Å²) in [6.07, 6.45) is 1.99. The van der Waals surface area contributed by atoms with Crippen molar-refractivity contribution in [2.45, 2.75) is 6.54 Å². The van der Waals surface area contributed by atoms with Crippen LogP contribution in [-0.4, -0.2) is 16.8 Å². The minimum atomic E-state index is -0.525. The first-order chi connectivity index (χ1) is 14.5. The molecule has 2 N–H and O–H groups in total. The molecule has 5 nitrogen and oxygen atoms in total. The molecule has 4 aromatic rings. The van der Waals surface area contributed by atoms with Crippen molar-refractivity contribution in [1.29, 1.82) is 0 Å². The Bertz CT molecular complexity index is 1330. The molecule has 6 heteroatoms. The SMILES string of the molecule is NC(=O)c1ccc(Cn2c([C]=O)c(-c3ccccc3)c3cc(Br)ccc3c2=O)cc1. The maximum absolute atomic E-state index is 13.3. The van der Waals surface area contributed by atoms with Crippen LogP contribution in [0, 0.1) is 0 Å². The highest BCUT2D eigenvalue weighted by Gasteiger charge is 2.19. The fourth-order valence-corrected chi connectivity index (χ4v) is 3.89. The Labute approximate surface area is 180 Å². The monoisotopic (exact) mass is 459 g/mol. The van der Waals surface area contributed by atoms with Crippen LogP contribution in [0.25, 0.3) is 21.9 Å². The highest BCUT2D eigenvalue weighted by atomic mass is 79.9. The van der Waals surface area contributed by atoms with Gasteiger partial charge in [-0.05, 0) is 46.8 Å². The molecule has 0 atom stereocenters. The Balaban J connectivity index is 1.99. The van der Waals surface area contributed by atoms with Crippen molar-refractivity contribution in [3.05, 3.63) is 104 Å². The van der Waals surface area contributed by atoms with Gasteiger partial charge >= 0.3 is 0 Å². The summed E-state index contributed by atoms with van der Waals surface area (Å²) in [5, 5.41) is 1.18. The molecule has 0 aliphatic heterocycles. The summed E-state index contributed by atoms with van der Waals surface area (Å²) in [6.45, 7) is 0.161. The lowest BCUT2D eigenvalue weighted by atomic mass is 9.97. The van der Waals surface area contributed by atoms with Gasteiger partial charge in [0.15, 0.2) is 0 Å². The van der Waals surface area contributed by atoms with Gasteiger partial charge in [-0.2, -0.15) is 0 Å². The van der Waals surface area contributed by atoms with Crippen LogP contribution < -0.4 is 11.3 Å². The van der Waals surface area contributed by atoms with Crippen LogP contribution >= 0.6 is 15.9 Å². The van der Waals surface area contributed by atoms with Crippen LogP contribution in [0.1, 0.15) is 21.6 Å². The maximum Gasteiger partial charge on any atom is 0.259 e. The van der Waals surface area contributed by atoms with Gasteiger partial charge in [0.05, 0.1) is 6.54 Å². The lowest BCUT2D eigenvalue weighted by molar-refractivity contribution is 0.100. The number of carbonyl (C=O) groups excluding carboxylic acids is 2. The minimum absolute atomic E-state index is 0.161. The highest BCUT2D eigenvalue weighted by molar-refractivity contribution is 9.10. The molecule has 0 saturated heterocycles. The molecule has 0 unspecified atom stereocenters. The van der Waals surface area contributed by atoms with Gasteiger partial charge in [0, 0.05) is 21.0 Å². The zero-order valence-corrected chi connectivity index (χ0v) is 17.3. The number of hydrogen-bond acceptors (Lipinski definition) is 3. The summed E-state index contributed by atoms with van der Waals surface area (Å²) >= 11 is 3.46. The fraction of sp³-hybridized carbons (Fsp3) is 0.0417. The second kappa shape index (κ2) is 8.08. The summed E-state index contributed by atoms with van der Waals surface area (Å²) in [7, 11) is 0. The van der Waals surface area contributed by atoms with Crippen LogP contribution in [0.2, 0.25) is 0 Å². The third-order valence-electron chi connectivity index (χ3n) is 4.97. The van der Waals surface area contributed by atoms with E-state index in [1.165, 1.54) is 4.57 Å². The Hall–Kier alpha value is -3.51. The smallest absolute Gasteiger partial charge is 0.259 e. The summed E-state index contributed by atoms with van der Waals surface area (Å²) < 4.78 is 2.23. The number of rotatable bonds is 5. The number of primary amides is 1. The molecular weight excluding hydrogens is 444 g/mol. The normalized spacial score (nSPS) is 10.8. The molecule has 0 saturated carbocycles. The van der Waals surface area contributed by atoms with E-state index < -0.39 is 5.91 Å². The van der Waals surface area contributed by atoms with Crippen molar-refractivity contribution in [2.24, 2.45) is 5.73 Å². The minimum Gasteiger partial charge on any atom is -0.366 e. The molecule has 0 spiro atoms. The van der Waals surface area contributed by atoms with Crippen molar-refractivity contribution >= 4 is 38.9 Å². The van der Waals surface area contributed by atoms with E-state index in [0.717, 1.165) is 15.6 Å². The number of halogens is 1. The Morgan fingerprint density at radius 2 is 1.67 bits per heavy atom. The zero-order valence-electron chi connectivity index (χ0n) is 15.8. The molecule has 1 radical (unpaired) electrons. The topological polar surface area (TPSA) is 82.2 Å². The molecule has 0 aliphatic carbocycles.